The molecule has 0 bridgehead atoms. The second-order valence-electron chi connectivity index (χ2n) is 14.1. The third kappa shape index (κ3) is 34.3. The molecular formula is C36H70NO9P. The number of nitrogens with zero attached hydrogens (tertiary/aromatic N) is 1. The Bertz CT molecular complexity index is 847. The lowest BCUT2D eigenvalue weighted by atomic mass is 10.0. The van der Waals surface area contributed by atoms with Crippen molar-refractivity contribution in [3.63, 3.8) is 0 Å². The van der Waals surface area contributed by atoms with Crippen LogP contribution in [0.4, 0.5) is 0 Å². The van der Waals surface area contributed by atoms with Crippen LogP contribution in [0.15, 0.2) is 0 Å². The molecule has 0 aromatic heterocycles. The number of ether oxygens (including phenoxy) is 2. The van der Waals surface area contributed by atoms with Crippen LogP contribution >= 0.6 is 7.82 Å². The topological polar surface area (TPSA) is 128 Å². The molecule has 0 aromatic rings. The van der Waals surface area contributed by atoms with Crippen LogP contribution < -0.4 is 4.89 Å². The van der Waals surface area contributed by atoms with Crippen LogP contribution in [0.5, 0.6) is 0 Å². The number of Topliss-reactive ketones (excluding diaryl/α,β-unsaturated/α-hetero) is 1. The number of unbranched alkanes of at least 4 members (excludes halogenated alkanes) is 18. The van der Waals surface area contributed by atoms with Gasteiger partial charge in [0.1, 0.15) is 25.5 Å². The van der Waals surface area contributed by atoms with Gasteiger partial charge in [-0.15, -0.1) is 0 Å². The highest BCUT2D eigenvalue weighted by molar-refractivity contribution is 7.45. The largest absolute Gasteiger partial charge is 0.756 e. The Labute approximate surface area is 287 Å². The Kier molecular flexibility index (Phi) is 28.8. The summed E-state index contributed by atoms with van der Waals surface area (Å²) in [6.45, 7) is 3.47. The fraction of sp³-hybridized carbons (Fsp3) is 0.917. The maximum Gasteiger partial charge on any atom is 0.306 e. The van der Waals surface area contributed by atoms with E-state index < -0.39 is 32.5 Å². The summed E-state index contributed by atoms with van der Waals surface area (Å²) in [6.07, 6.45) is 22.6. The molecule has 0 amide bonds. The highest BCUT2D eigenvalue weighted by Gasteiger charge is 2.21. The average Bonchev–Trinajstić information content (AvgIpc) is 2.99. The van der Waals surface area contributed by atoms with Crippen molar-refractivity contribution < 1.29 is 46.8 Å². The first-order valence-electron chi connectivity index (χ1n) is 18.6. The molecule has 0 heterocycles. The lowest BCUT2D eigenvalue weighted by molar-refractivity contribution is -0.870. The van der Waals surface area contributed by atoms with E-state index in [0.717, 1.165) is 44.9 Å². The highest BCUT2D eigenvalue weighted by Crippen LogP contribution is 2.38. The molecule has 0 radical (unpaired) electrons. The van der Waals surface area contributed by atoms with Gasteiger partial charge >= 0.3 is 11.9 Å². The van der Waals surface area contributed by atoms with Crippen LogP contribution in [0.3, 0.4) is 0 Å². The number of hydrogen-bond donors (Lipinski definition) is 0. The van der Waals surface area contributed by atoms with E-state index in [4.69, 9.17) is 18.5 Å². The summed E-state index contributed by atoms with van der Waals surface area (Å²) in [5.41, 5.74) is 0. The number of phosphoric ester groups is 1. The first-order valence-corrected chi connectivity index (χ1v) is 20.1. The summed E-state index contributed by atoms with van der Waals surface area (Å²) in [5, 5.41) is 0. The molecule has 0 aliphatic heterocycles. The zero-order valence-electron chi connectivity index (χ0n) is 30.7. The number of carbonyl (C=O) groups is 3. The molecule has 11 heteroatoms. The van der Waals surface area contributed by atoms with Crippen molar-refractivity contribution in [2.24, 2.45) is 0 Å². The maximum absolute atomic E-state index is 12.5. The van der Waals surface area contributed by atoms with Crippen molar-refractivity contribution in [3.8, 4) is 0 Å². The summed E-state index contributed by atoms with van der Waals surface area (Å²) < 4.78 is 33.5. The Morgan fingerprint density at radius 1 is 0.617 bits per heavy atom. The smallest absolute Gasteiger partial charge is 0.306 e. The van der Waals surface area contributed by atoms with Crippen LogP contribution in [0.25, 0.3) is 0 Å². The highest BCUT2D eigenvalue weighted by atomic mass is 31.2. The van der Waals surface area contributed by atoms with Crippen LogP contribution in [0, 0.1) is 0 Å². The van der Waals surface area contributed by atoms with E-state index >= 15 is 0 Å². The molecule has 0 saturated carbocycles. The lowest BCUT2D eigenvalue weighted by Gasteiger charge is -2.28. The quantitative estimate of drug-likeness (QED) is 0.0284. The summed E-state index contributed by atoms with van der Waals surface area (Å²) in [5.74, 6) is -0.734. The molecule has 0 rings (SSSR count). The Hall–Kier alpha value is -1.32. The van der Waals surface area contributed by atoms with E-state index in [0.29, 0.717) is 23.9 Å². The Morgan fingerprint density at radius 3 is 1.49 bits per heavy atom. The number of rotatable bonds is 34. The number of phosphoric acid groups is 1. The van der Waals surface area contributed by atoms with Gasteiger partial charge in [0.25, 0.3) is 7.82 Å². The van der Waals surface area contributed by atoms with Crippen molar-refractivity contribution in [2.45, 2.75) is 168 Å². The van der Waals surface area contributed by atoms with Gasteiger partial charge in [-0.3, -0.25) is 14.2 Å². The second kappa shape index (κ2) is 29.6. The van der Waals surface area contributed by atoms with Gasteiger partial charge < -0.3 is 32.7 Å². The normalized spacial score (nSPS) is 13.7. The monoisotopic (exact) mass is 691 g/mol. The minimum atomic E-state index is -4.63. The number of quaternary nitrogens is 1. The summed E-state index contributed by atoms with van der Waals surface area (Å²) >= 11 is 0. The maximum atomic E-state index is 12.5. The van der Waals surface area contributed by atoms with Crippen LogP contribution in [0.2, 0.25) is 0 Å². The standard InChI is InChI=1S/C36H70NO9P/c1-6-7-8-9-10-11-12-13-14-15-16-17-18-21-24-27-35(39)43-31-34(32-45-47(41,42)44-30-29-37(3,4)5)46-36(40)28-25-22-19-20-23-26-33(2)38/h34H,6-32H2,1-5H3/t34-/m1/s1. The predicted molar refractivity (Wildman–Crippen MR) is 186 cm³/mol. The van der Waals surface area contributed by atoms with Crippen molar-refractivity contribution in [1.82, 2.24) is 0 Å². The average molecular weight is 692 g/mol. The fourth-order valence-electron chi connectivity index (χ4n) is 5.07. The fourth-order valence-corrected chi connectivity index (χ4v) is 5.80. The zero-order chi connectivity index (χ0) is 35.2. The van der Waals surface area contributed by atoms with Gasteiger partial charge in [0.05, 0.1) is 27.7 Å². The van der Waals surface area contributed by atoms with E-state index in [9.17, 15) is 23.8 Å². The molecule has 0 spiro atoms. The minimum Gasteiger partial charge on any atom is -0.756 e. The summed E-state index contributed by atoms with van der Waals surface area (Å²) in [4.78, 5) is 48.1. The van der Waals surface area contributed by atoms with Crippen molar-refractivity contribution in [2.75, 3.05) is 47.5 Å². The van der Waals surface area contributed by atoms with Gasteiger partial charge in [-0.2, -0.15) is 0 Å². The molecule has 0 aliphatic rings. The van der Waals surface area contributed by atoms with Crippen molar-refractivity contribution in [3.05, 3.63) is 0 Å². The van der Waals surface area contributed by atoms with Gasteiger partial charge in [0, 0.05) is 19.3 Å². The third-order valence-electron chi connectivity index (χ3n) is 8.05. The molecule has 10 nitrogen and oxygen atoms in total. The number of esters is 2. The van der Waals surface area contributed by atoms with E-state index in [1.807, 2.05) is 21.1 Å². The summed E-state index contributed by atoms with van der Waals surface area (Å²) in [6, 6.07) is 0. The molecule has 0 aliphatic carbocycles. The summed E-state index contributed by atoms with van der Waals surface area (Å²) in [7, 11) is 1.11. The number of hydrogen-bond acceptors (Lipinski definition) is 9. The molecule has 47 heavy (non-hydrogen) atoms. The third-order valence-corrected chi connectivity index (χ3v) is 9.02. The predicted octanol–water partition coefficient (Wildman–Crippen LogP) is 8.23. The van der Waals surface area contributed by atoms with E-state index in [1.165, 1.54) is 77.0 Å². The first kappa shape index (κ1) is 45.7. The Balaban J connectivity index is 4.34. The molecule has 1 unspecified atom stereocenters. The lowest BCUT2D eigenvalue weighted by Crippen LogP contribution is -2.37. The molecule has 2 atom stereocenters. The zero-order valence-corrected chi connectivity index (χ0v) is 31.6. The Morgan fingerprint density at radius 2 is 1.04 bits per heavy atom. The van der Waals surface area contributed by atoms with E-state index in [-0.39, 0.29) is 31.8 Å². The minimum absolute atomic E-state index is 0.0462. The van der Waals surface area contributed by atoms with Gasteiger partial charge in [0.15, 0.2) is 6.10 Å². The van der Waals surface area contributed by atoms with Gasteiger partial charge in [-0.1, -0.05) is 116 Å². The molecule has 0 fully saturated rings. The van der Waals surface area contributed by atoms with E-state index in [2.05, 4.69) is 6.92 Å². The second-order valence-corrected chi connectivity index (χ2v) is 15.5. The first-order chi connectivity index (χ1) is 22.3. The van der Waals surface area contributed by atoms with Crippen molar-refractivity contribution >= 4 is 25.5 Å². The van der Waals surface area contributed by atoms with Crippen molar-refractivity contribution in [1.29, 1.82) is 0 Å². The van der Waals surface area contributed by atoms with E-state index in [1.54, 1.807) is 6.92 Å². The SMILES string of the molecule is CCCCCCCCCCCCCCCCCC(=O)OC[C@H](COP(=O)([O-])OCC[N+](C)(C)C)OC(=O)CCCCCCCC(C)=O. The van der Waals surface area contributed by atoms with Gasteiger partial charge in [-0.05, 0) is 26.2 Å². The van der Waals surface area contributed by atoms with Crippen LogP contribution in [-0.4, -0.2) is 75.8 Å². The molecule has 0 N–H and O–H groups in total. The number of carbonyl (C=O) groups excluding carboxylic acids is 3. The molecular weight excluding hydrogens is 621 g/mol. The van der Waals surface area contributed by atoms with Crippen LogP contribution in [0.1, 0.15) is 162 Å². The van der Waals surface area contributed by atoms with Gasteiger partial charge in [0.2, 0.25) is 0 Å². The van der Waals surface area contributed by atoms with Crippen LogP contribution in [-0.2, 0) is 37.5 Å². The number of ketones is 1. The number of likely N-dealkylation sites (N-methyl/N-ethyl adjacent to an activating group) is 1. The molecule has 278 valence electrons. The van der Waals surface area contributed by atoms with Gasteiger partial charge in [-0.25, -0.2) is 0 Å². The molecule has 0 aromatic carbocycles. The molecule has 0 saturated heterocycles.